The SMILES string of the molecule is Cc1cc(C(F)(F)F)c2c(C3CCN(S(=O)(=O)c4ccc(F)cc4)CC3)noc2n1. The number of aromatic nitrogens is 2. The molecule has 11 heteroatoms. The molecule has 4 rings (SSSR count). The second-order valence-corrected chi connectivity index (χ2v) is 9.13. The number of fused-ring (bicyclic) bond motifs is 1. The fourth-order valence-corrected chi connectivity index (χ4v) is 5.19. The van der Waals surface area contributed by atoms with Gasteiger partial charge in [0.1, 0.15) is 5.82 Å². The maximum absolute atomic E-state index is 13.5. The molecule has 160 valence electrons. The van der Waals surface area contributed by atoms with E-state index in [1.54, 1.807) is 0 Å². The zero-order valence-corrected chi connectivity index (χ0v) is 16.6. The lowest BCUT2D eigenvalue weighted by Gasteiger charge is -2.30. The van der Waals surface area contributed by atoms with Crippen molar-refractivity contribution in [1.29, 1.82) is 0 Å². The van der Waals surface area contributed by atoms with Gasteiger partial charge in [0.2, 0.25) is 10.0 Å². The minimum atomic E-state index is -4.60. The molecule has 1 saturated heterocycles. The minimum Gasteiger partial charge on any atom is -0.336 e. The van der Waals surface area contributed by atoms with Crippen LogP contribution in [0, 0.1) is 12.7 Å². The number of piperidine rings is 1. The lowest BCUT2D eigenvalue weighted by Crippen LogP contribution is -2.38. The van der Waals surface area contributed by atoms with Crippen LogP contribution in [-0.2, 0) is 16.2 Å². The van der Waals surface area contributed by atoms with Crippen LogP contribution in [0.2, 0.25) is 0 Å². The molecule has 0 amide bonds. The fourth-order valence-electron chi connectivity index (χ4n) is 3.72. The average Bonchev–Trinajstić information content (AvgIpc) is 3.10. The molecule has 1 aliphatic rings. The molecule has 0 atom stereocenters. The number of benzene rings is 1. The number of hydrogen-bond donors (Lipinski definition) is 0. The molecule has 0 saturated carbocycles. The van der Waals surface area contributed by atoms with Gasteiger partial charge in [-0.3, -0.25) is 0 Å². The highest BCUT2D eigenvalue weighted by Crippen LogP contribution is 2.40. The Bertz CT molecular complexity index is 1180. The Morgan fingerprint density at radius 2 is 1.77 bits per heavy atom. The van der Waals surface area contributed by atoms with Gasteiger partial charge in [0.25, 0.3) is 5.71 Å². The van der Waals surface area contributed by atoms with Gasteiger partial charge in [0.15, 0.2) is 0 Å². The molecule has 1 fully saturated rings. The van der Waals surface area contributed by atoms with Crippen LogP contribution < -0.4 is 0 Å². The van der Waals surface area contributed by atoms with Crippen LogP contribution in [0.1, 0.15) is 35.7 Å². The highest BCUT2D eigenvalue weighted by molar-refractivity contribution is 7.89. The molecule has 1 aliphatic heterocycles. The van der Waals surface area contributed by atoms with Gasteiger partial charge in [-0.2, -0.15) is 17.5 Å². The Kier molecular flexibility index (Phi) is 5.05. The van der Waals surface area contributed by atoms with Crippen molar-refractivity contribution in [2.45, 2.75) is 36.8 Å². The van der Waals surface area contributed by atoms with Gasteiger partial charge in [-0.25, -0.2) is 17.8 Å². The van der Waals surface area contributed by atoms with Gasteiger partial charge >= 0.3 is 6.18 Å². The smallest absolute Gasteiger partial charge is 0.336 e. The standard InChI is InChI=1S/C19H17F4N3O3S/c1-11-10-15(19(21,22)23)16-17(25-29-18(16)24-11)12-6-8-26(9-7-12)30(27,28)14-4-2-13(20)3-5-14/h2-5,10,12H,6-9H2,1H3. The first-order chi connectivity index (χ1) is 14.1. The van der Waals surface area contributed by atoms with E-state index in [1.807, 2.05) is 0 Å². The number of nitrogens with zero attached hydrogens (tertiary/aromatic N) is 3. The van der Waals surface area contributed by atoms with Gasteiger partial charge in [-0.15, -0.1) is 0 Å². The maximum Gasteiger partial charge on any atom is 0.417 e. The molecule has 0 spiro atoms. The molecular weight excluding hydrogens is 426 g/mol. The molecule has 3 heterocycles. The normalized spacial score (nSPS) is 17.0. The molecule has 3 aromatic rings. The summed E-state index contributed by atoms with van der Waals surface area (Å²) < 4.78 is 85.5. The number of aryl methyl sites for hydroxylation is 1. The Balaban J connectivity index is 1.61. The van der Waals surface area contributed by atoms with Crippen molar-refractivity contribution in [3.05, 3.63) is 53.1 Å². The molecule has 2 aromatic heterocycles. The first kappa shape index (κ1) is 20.7. The molecule has 6 nitrogen and oxygen atoms in total. The Labute approximate surface area is 169 Å². The molecule has 30 heavy (non-hydrogen) atoms. The van der Waals surface area contributed by atoms with Gasteiger partial charge in [-0.05, 0) is 50.1 Å². The monoisotopic (exact) mass is 443 g/mol. The quantitative estimate of drug-likeness (QED) is 0.566. The van der Waals surface area contributed by atoms with Crippen LogP contribution >= 0.6 is 0 Å². The van der Waals surface area contributed by atoms with E-state index in [-0.39, 0.29) is 53.3 Å². The molecule has 1 aromatic carbocycles. The van der Waals surface area contributed by atoms with E-state index >= 15 is 0 Å². The van der Waals surface area contributed by atoms with E-state index in [1.165, 1.54) is 23.4 Å². The van der Waals surface area contributed by atoms with Crippen LogP contribution in [0.25, 0.3) is 11.1 Å². The van der Waals surface area contributed by atoms with E-state index < -0.39 is 33.5 Å². The third-order valence-corrected chi connectivity index (χ3v) is 7.11. The van der Waals surface area contributed by atoms with Gasteiger partial charge in [-0.1, -0.05) is 5.16 Å². The molecule has 0 aliphatic carbocycles. The van der Waals surface area contributed by atoms with Crippen LogP contribution in [0.15, 0.2) is 39.8 Å². The predicted octanol–water partition coefficient (Wildman–Crippen LogP) is 4.26. The predicted molar refractivity (Wildman–Crippen MR) is 98.7 cm³/mol. The number of rotatable bonds is 3. The van der Waals surface area contributed by atoms with Gasteiger partial charge in [0.05, 0.1) is 21.5 Å². The fraction of sp³-hybridized carbons (Fsp3) is 0.368. The molecule has 0 bridgehead atoms. The Morgan fingerprint density at radius 1 is 1.13 bits per heavy atom. The van der Waals surface area contributed by atoms with Crippen LogP contribution in [0.5, 0.6) is 0 Å². The van der Waals surface area contributed by atoms with Crippen LogP contribution in [-0.4, -0.2) is 36.0 Å². The molecule has 0 N–H and O–H groups in total. The van der Waals surface area contributed by atoms with Crippen molar-refractivity contribution in [3.8, 4) is 0 Å². The summed E-state index contributed by atoms with van der Waals surface area (Å²) in [6.45, 7) is 1.63. The maximum atomic E-state index is 13.5. The summed E-state index contributed by atoms with van der Waals surface area (Å²) in [6.07, 6.45) is -4.06. The zero-order chi connectivity index (χ0) is 21.7. The molecule has 0 unspecified atom stereocenters. The summed E-state index contributed by atoms with van der Waals surface area (Å²) >= 11 is 0. The van der Waals surface area contributed by atoms with Crippen molar-refractivity contribution >= 4 is 21.1 Å². The highest BCUT2D eigenvalue weighted by Gasteiger charge is 2.38. The number of sulfonamides is 1. The second-order valence-electron chi connectivity index (χ2n) is 7.19. The zero-order valence-electron chi connectivity index (χ0n) is 15.8. The molecular formula is C19H17F4N3O3S. The number of pyridine rings is 1. The van der Waals surface area contributed by atoms with E-state index in [0.29, 0.717) is 0 Å². The topological polar surface area (TPSA) is 76.3 Å². The van der Waals surface area contributed by atoms with Crippen molar-refractivity contribution in [3.63, 3.8) is 0 Å². The number of halogens is 4. The lowest BCUT2D eigenvalue weighted by molar-refractivity contribution is -0.136. The highest BCUT2D eigenvalue weighted by atomic mass is 32.2. The first-order valence-corrected chi connectivity index (χ1v) is 10.6. The Morgan fingerprint density at radius 3 is 2.37 bits per heavy atom. The summed E-state index contributed by atoms with van der Waals surface area (Å²) in [5.41, 5.74) is -0.734. The van der Waals surface area contributed by atoms with Crippen molar-refractivity contribution in [1.82, 2.24) is 14.4 Å². The van der Waals surface area contributed by atoms with E-state index in [9.17, 15) is 26.0 Å². The minimum absolute atomic E-state index is 0.0340. The van der Waals surface area contributed by atoms with Gasteiger partial charge < -0.3 is 4.52 Å². The third-order valence-electron chi connectivity index (χ3n) is 5.20. The van der Waals surface area contributed by atoms with Crippen LogP contribution in [0.4, 0.5) is 17.6 Å². The first-order valence-electron chi connectivity index (χ1n) is 9.17. The largest absolute Gasteiger partial charge is 0.417 e. The summed E-state index contributed by atoms with van der Waals surface area (Å²) in [7, 11) is -3.82. The summed E-state index contributed by atoms with van der Waals surface area (Å²) in [5, 5.41) is 3.67. The number of alkyl halides is 3. The third kappa shape index (κ3) is 3.67. The summed E-state index contributed by atoms with van der Waals surface area (Å²) in [5.74, 6) is -0.952. The van der Waals surface area contributed by atoms with E-state index in [0.717, 1.165) is 18.2 Å². The second kappa shape index (κ2) is 7.31. The van der Waals surface area contributed by atoms with Crippen LogP contribution in [0.3, 0.4) is 0 Å². The van der Waals surface area contributed by atoms with Gasteiger partial charge in [0, 0.05) is 24.7 Å². The number of hydrogen-bond acceptors (Lipinski definition) is 5. The van der Waals surface area contributed by atoms with Crippen molar-refractivity contribution in [2.24, 2.45) is 0 Å². The van der Waals surface area contributed by atoms with Crippen molar-refractivity contribution < 1.29 is 30.5 Å². The summed E-state index contributed by atoms with van der Waals surface area (Å²) in [4.78, 5) is 3.97. The molecule has 0 radical (unpaired) electrons. The van der Waals surface area contributed by atoms with E-state index in [2.05, 4.69) is 10.1 Å². The van der Waals surface area contributed by atoms with Crippen molar-refractivity contribution in [2.75, 3.05) is 13.1 Å². The Hall–Kier alpha value is -2.53. The average molecular weight is 443 g/mol. The summed E-state index contributed by atoms with van der Waals surface area (Å²) in [6, 6.07) is 5.46. The van der Waals surface area contributed by atoms with E-state index in [4.69, 9.17) is 4.52 Å². The lowest BCUT2D eigenvalue weighted by atomic mass is 9.91.